The third-order valence-electron chi connectivity index (χ3n) is 3.10. The normalized spacial score (nSPS) is 19.6. The van der Waals surface area contributed by atoms with E-state index in [9.17, 15) is 9.90 Å². The molecular weight excluding hydrogens is 326 g/mol. The van der Waals surface area contributed by atoms with Crippen LogP contribution in [0.5, 0.6) is 0 Å². The molecule has 1 fully saturated rings. The highest BCUT2D eigenvalue weighted by molar-refractivity contribution is 9.09. The number of carbonyl (C=O) groups excluding carboxylic acids is 1. The SMILES string of the molecule is CC(C)(C)OC(=O)N[C@@H](CCBr)C(O)OC1CCCC1. The molecule has 0 heterocycles. The van der Waals surface area contributed by atoms with Gasteiger partial charge in [-0.05, 0) is 40.0 Å². The van der Waals surface area contributed by atoms with Crippen LogP contribution < -0.4 is 5.32 Å². The van der Waals surface area contributed by atoms with Gasteiger partial charge in [-0.15, -0.1) is 0 Å². The second kappa shape index (κ2) is 8.20. The average molecular weight is 352 g/mol. The molecule has 1 saturated carbocycles. The van der Waals surface area contributed by atoms with Gasteiger partial charge in [0, 0.05) is 5.33 Å². The minimum Gasteiger partial charge on any atom is -0.444 e. The molecule has 1 amide bonds. The van der Waals surface area contributed by atoms with E-state index in [1.165, 1.54) is 0 Å². The van der Waals surface area contributed by atoms with Gasteiger partial charge in [-0.3, -0.25) is 0 Å². The molecule has 0 bridgehead atoms. The first-order valence-corrected chi connectivity index (χ1v) is 8.33. The molecule has 0 aliphatic heterocycles. The van der Waals surface area contributed by atoms with Crippen LogP contribution in [0.1, 0.15) is 52.9 Å². The molecule has 5 nitrogen and oxygen atoms in total. The van der Waals surface area contributed by atoms with E-state index in [0.717, 1.165) is 25.7 Å². The molecule has 0 aromatic carbocycles. The molecule has 0 radical (unpaired) electrons. The summed E-state index contributed by atoms with van der Waals surface area (Å²) in [5, 5.41) is 13.5. The Hall–Kier alpha value is -0.330. The van der Waals surface area contributed by atoms with Crippen molar-refractivity contribution in [3.8, 4) is 0 Å². The van der Waals surface area contributed by atoms with E-state index in [1.807, 2.05) is 0 Å². The van der Waals surface area contributed by atoms with E-state index >= 15 is 0 Å². The lowest BCUT2D eigenvalue weighted by atomic mass is 10.2. The highest BCUT2D eigenvalue weighted by Crippen LogP contribution is 2.23. The minimum atomic E-state index is -0.997. The van der Waals surface area contributed by atoms with Gasteiger partial charge in [0.25, 0.3) is 0 Å². The number of hydrogen-bond donors (Lipinski definition) is 2. The Balaban J connectivity index is 2.47. The second-order valence-electron chi connectivity index (χ2n) is 6.16. The first-order chi connectivity index (χ1) is 9.31. The van der Waals surface area contributed by atoms with Gasteiger partial charge in [-0.25, -0.2) is 4.79 Å². The van der Waals surface area contributed by atoms with Crippen molar-refractivity contribution in [2.75, 3.05) is 5.33 Å². The maximum atomic E-state index is 11.8. The van der Waals surface area contributed by atoms with Crippen molar-refractivity contribution in [3.63, 3.8) is 0 Å². The Bertz CT molecular complexity index is 300. The number of halogens is 1. The van der Waals surface area contributed by atoms with Crippen LogP contribution in [0.25, 0.3) is 0 Å². The molecule has 2 N–H and O–H groups in total. The van der Waals surface area contributed by atoms with Gasteiger partial charge in [0.15, 0.2) is 6.29 Å². The van der Waals surface area contributed by atoms with Crippen LogP contribution in [0.4, 0.5) is 4.79 Å². The summed E-state index contributed by atoms with van der Waals surface area (Å²) >= 11 is 3.32. The number of rotatable bonds is 6. The van der Waals surface area contributed by atoms with E-state index in [0.29, 0.717) is 11.8 Å². The molecule has 20 heavy (non-hydrogen) atoms. The van der Waals surface area contributed by atoms with Crippen molar-refractivity contribution in [1.29, 1.82) is 0 Å². The van der Waals surface area contributed by atoms with Crippen molar-refractivity contribution in [1.82, 2.24) is 5.32 Å². The lowest BCUT2D eigenvalue weighted by Crippen LogP contribution is -2.47. The summed E-state index contributed by atoms with van der Waals surface area (Å²) in [4.78, 5) is 11.8. The van der Waals surface area contributed by atoms with Gasteiger partial charge in [0.1, 0.15) is 5.60 Å². The predicted molar refractivity (Wildman–Crippen MR) is 80.9 cm³/mol. The first kappa shape index (κ1) is 17.7. The summed E-state index contributed by atoms with van der Waals surface area (Å²) in [7, 11) is 0. The highest BCUT2D eigenvalue weighted by atomic mass is 79.9. The fourth-order valence-electron chi connectivity index (χ4n) is 2.18. The van der Waals surface area contributed by atoms with Crippen LogP contribution in [0.15, 0.2) is 0 Å². The third-order valence-corrected chi connectivity index (χ3v) is 3.56. The zero-order chi connectivity index (χ0) is 15.2. The number of aliphatic hydroxyl groups excluding tert-OH is 1. The van der Waals surface area contributed by atoms with Gasteiger partial charge in [0.2, 0.25) is 0 Å². The molecule has 118 valence electrons. The molecule has 0 aromatic rings. The molecule has 1 rings (SSSR count). The first-order valence-electron chi connectivity index (χ1n) is 7.21. The van der Waals surface area contributed by atoms with Crippen molar-refractivity contribution in [2.45, 2.75) is 76.9 Å². The number of hydrogen-bond acceptors (Lipinski definition) is 4. The molecule has 1 unspecified atom stereocenters. The predicted octanol–water partition coefficient (Wildman–Crippen LogP) is 2.94. The number of amides is 1. The summed E-state index contributed by atoms with van der Waals surface area (Å²) in [5.41, 5.74) is -0.555. The molecule has 1 aliphatic carbocycles. The molecule has 0 aromatic heterocycles. The van der Waals surface area contributed by atoms with E-state index < -0.39 is 24.0 Å². The quantitative estimate of drug-likeness (QED) is 0.570. The lowest BCUT2D eigenvalue weighted by molar-refractivity contribution is -0.150. The Morgan fingerprint density at radius 3 is 2.50 bits per heavy atom. The summed E-state index contributed by atoms with van der Waals surface area (Å²) in [6, 6.07) is -0.468. The molecular formula is C14H26BrNO4. The smallest absolute Gasteiger partial charge is 0.408 e. The van der Waals surface area contributed by atoms with Gasteiger partial charge < -0.3 is 19.9 Å². The number of nitrogens with one attached hydrogen (secondary N) is 1. The van der Waals surface area contributed by atoms with Crippen LogP contribution in [-0.2, 0) is 9.47 Å². The van der Waals surface area contributed by atoms with Crippen LogP contribution in [0.2, 0.25) is 0 Å². The van der Waals surface area contributed by atoms with Crippen molar-refractivity contribution in [2.24, 2.45) is 0 Å². The largest absolute Gasteiger partial charge is 0.444 e. The number of ether oxygens (including phenoxy) is 2. The Morgan fingerprint density at radius 1 is 1.40 bits per heavy atom. The number of alkyl carbamates (subject to hydrolysis) is 1. The number of carbonyl (C=O) groups is 1. The average Bonchev–Trinajstić information content (AvgIpc) is 2.78. The van der Waals surface area contributed by atoms with Crippen molar-refractivity contribution >= 4 is 22.0 Å². The number of alkyl halides is 1. The van der Waals surface area contributed by atoms with Crippen LogP contribution in [-0.4, -0.2) is 40.6 Å². The van der Waals surface area contributed by atoms with Crippen molar-refractivity contribution < 1.29 is 19.4 Å². The van der Waals surface area contributed by atoms with E-state index in [4.69, 9.17) is 9.47 Å². The van der Waals surface area contributed by atoms with E-state index in [-0.39, 0.29) is 6.10 Å². The van der Waals surface area contributed by atoms with Gasteiger partial charge >= 0.3 is 6.09 Å². The van der Waals surface area contributed by atoms with Gasteiger partial charge in [-0.2, -0.15) is 0 Å². The topological polar surface area (TPSA) is 67.8 Å². The highest BCUT2D eigenvalue weighted by Gasteiger charge is 2.27. The van der Waals surface area contributed by atoms with E-state index in [1.54, 1.807) is 20.8 Å². The molecule has 0 spiro atoms. The molecule has 0 saturated heterocycles. The second-order valence-corrected chi connectivity index (χ2v) is 6.96. The fourth-order valence-corrected chi connectivity index (χ4v) is 2.67. The van der Waals surface area contributed by atoms with Gasteiger partial charge in [-0.1, -0.05) is 28.8 Å². The van der Waals surface area contributed by atoms with Crippen LogP contribution >= 0.6 is 15.9 Å². The van der Waals surface area contributed by atoms with E-state index in [2.05, 4.69) is 21.2 Å². The maximum Gasteiger partial charge on any atom is 0.408 e. The summed E-state index contributed by atoms with van der Waals surface area (Å²) in [5.74, 6) is 0. The Labute approximate surface area is 129 Å². The fraction of sp³-hybridized carbons (Fsp3) is 0.929. The summed E-state index contributed by atoms with van der Waals surface area (Å²) in [6.07, 6.45) is 3.38. The maximum absolute atomic E-state index is 11.8. The molecule has 1 aliphatic rings. The molecule has 6 heteroatoms. The summed E-state index contributed by atoms with van der Waals surface area (Å²) < 4.78 is 10.8. The third kappa shape index (κ3) is 6.90. The van der Waals surface area contributed by atoms with Crippen LogP contribution in [0, 0.1) is 0 Å². The Morgan fingerprint density at radius 2 is 2.00 bits per heavy atom. The minimum absolute atomic E-state index is 0.100. The number of aliphatic hydroxyl groups is 1. The molecule has 2 atom stereocenters. The van der Waals surface area contributed by atoms with Gasteiger partial charge in [0.05, 0.1) is 12.1 Å². The standard InChI is InChI=1S/C14H26BrNO4/c1-14(2,3)20-13(18)16-11(8-9-15)12(17)19-10-6-4-5-7-10/h10-12,17H,4-9H2,1-3H3,(H,16,18)/t11-,12?/m0/s1. The Kier molecular flexibility index (Phi) is 7.26. The zero-order valence-corrected chi connectivity index (χ0v) is 14.1. The van der Waals surface area contributed by atoms with Crippen LogP contribution in [0.3, 0.4) is 0 Å². The monoisotopic (exact) mass is 351 g/mol. The van der Waals surface area contributed by atoms with Crippen molar-refractivity contribution in [3.05, 3.63) is 0 Å². The zero-order valence-electron chi connectivity index (χ0n) is 12.5. The summed E-state index contributed by atoms with van der Waals surface area (Å²) in [6.45, 7) is 5.41. The lowest BCUT2D eigenvalue weighted by Gasteiger charge is -2.27.